The Bertz CT molecular complexity index is 663. The zero-order valence-electron chi connectivity index (χ0n) is 10.3. The predicted octanol–water partition coefficient (Wildman–Crippen LogP) is 3.14. The monoisotopic (exact) mass is 261 g/mol. The average Bonchev–Trinajstić information content (AvgIpc) is 2.31. The number of rotatable bonds is 3. The van der Waals surface area contributed by atoms with Gasteiger partial charge in [-0.2, -0.15) is 0 Å². The van der Waals surface area contributed by atoms with Crippen molar-refractivity contribution in [3.05, 3.63) is 54.1 Å². The standard InChI is InChI=1S/C14H15NO2S/c1-11-7-3-4-8-12(11)15-13-9-5-6-10-14(13)18(2,16)17/h3-10,15H,1-2H3. The van der Waals surface area contributed by atoms with Gasteiger partial charge in [0.2, 0.25) is 0 Å². The molecule has 0 amide bonds. The van der Waals surface area contributed by atoms with Gasteiger partial charge in [0.1, 0.15) is 0 Å². The number of hydrogen-bond acceptors (Lipinski definition) is 3. The van der Waals surface area contributed by atoms with Gasteiger partial charge in [-0.1, -0.05) is 30.3 Å². The summed E-state index contributed by atoms with van der Waals surface area (Å²) < 4.78 is 23.4. The van der Waals surface area contributed by atoms with Crippen LogP contribution in [0.15, 0.2) is 53.4 Å². The average molecular weight is 261 g/mol. The number of hydrogen-bond donors (Lipinski definition) is 1. The Morgan fingerprint density at radius 1 is 0.889 bits per heavy atom. The molecule has 0 aliphatic rings. The van der Waals surface area contributed by atoms with Crippen molar-refractivity contribution in [3.8, 4) is 0 Å². The minimum Gasteiger partial charge on any atom is -0.354 e. The quantitative estimate of drug-likeness (QED) is 0.923. The summed E-state index contributed by atoms with van der Waals surface area (Å²) in [6.07, 6.45) is 1.21. The molecule has 2 aromatic carbocycles. The van der Waals surface area contributed by atoms with Crippen molar-refractivity contribution in [3.63, 3.8) is 0 Å². The lowest BCUT2D eigenvalue weighted by atomic mass is 10.2. The first-order valence-corrected chi connectivity index (χ1v) is 7.49. The van der Waals surface area contributed by atoms with Crippen molar-refractivity contribution in [1.82, 2.24) is 0 Å². The van der Waals surface area contributed by atoms with Gasteiger partial charge in [-0.3, -0.25) is 0 Å². The normalized spacial score (nSPS) is 11.2. The molecule has 0 saturated carbocycles. The molecule has 2 rings (SSSR count). The molecule has 1 N–H and O–H groups in total. The van der Waals surface area contributed by atoms with Crippen LogP contribution in [0.4, 0.5) is 11.4 Å². The lowest BCUT2D eigenvalue weighted by molar-refractivity contribution is 0.602. The van der Waals surface area contributed by atoms with Gasteiger partial charge in [0.25, 0.3) is 0 Å². The predicted molar refractivity (Wildman–Crippen MR) is 74.0 cm³/mol. The Hall–Kier alpha value is -1.81. The second kappa shape index (κ2) is 4.82. The van der Waals surface area contributed by atoms with Gasteiger partial charge in [-0.25, -0.2) is 8.42 Å². The third kappa shape index (κ3) is 2.71. The molecule has 0 aromatic heterocycles. The van der Waals surface area contributed by atoms with Gasteiger partial charge in [0.15, 0.2) is 9.84 Å². The third-order valence-electron chi connectivity index (χ3n) is 2.70. The van der Waals surface area contributed by atoms with Gasteiger partial charge < -0.3 is 5.32 Å². The van der Waals surface area contributed by atoms with E-state index < -0.39 is 9.84 Å². The third-order valence-corrected chi connectivity index (χ3v) is 3.86. The first kappa shape index (κ1) is 12.6. The maximum Gasteiger partial charge on any atom is 0.177 e. The van der Waals surface area contributed by atoms with E-state index in [0.717, 1.165) is 11.3 Å². The van der Waals surface area contributed by atoms with E-state index in [9.17, 15) is 8.42 Å². The summed E-state index contributed by atoms with van der Waals surface area (Å²) >= 11 is 0. The molecule has 0 spiro atoms. The van der Waals surface area contributed by atoms with Crippen molar-refractivity contribution in [2.24, 2.45) is 0 Å². The van der Waals surface area contributed by atoms with E-state index in [2.05, 4.69) is 5.32 Å². The molecule has 0 aliphatic heterocycles. The van der Waals surface area contributed by atoms with Crippen LogP contribution in [0.25, 0.3) is 0 Å². The maximum absolute atomic E-state index is 11.7. The largest absolute Gasteiger partial charge is 0.354 e. The topological polar surface area (TPSA) is 46.2 Å². The molecule has 0 heterocycles. The molecule has 0 bridgehead atoms. The van der Waals surface area contributed by atoms with Crippen LogP contribution in [-0.4, -0.2) is 14.7 Å². The molecular formula is C14H15NO2S. The number of aryl methyl sites for hydroxylation is 1. The van der Waals surface area contributed by atoms with E-state index in [0.29, 0.717) is 10.6 Å². The van der Waals surface area contributed by atoms with Gasteiger partial charge >= 0.3 is 0 Å². The van der Waals surface area contributed by atoms with Gasteiger partial charge in [0, 0.05) is 11.9 Å². The highest BCUT2D eigenvalue weighted by Crippen LogP contribution is 2.26. The molecule has 3 nitrogen and oxygen atoms in total. The first-order chi connectivity index (χ1) is 8.48. The molecule has 0 atom stereocenters. The van der Waals surface area contributed by atoms with Crippen molar-refractivity contribution >= 4 is 21.2 Å². The highest BCUT2D eigenvalue weighted by Gasteiger charge is 2.12. The Labute approximate surface area is 107 Å². The Morgan fingerprint density at radius 3 is 2.06 bits per heavy atom. The van der Waals surface area contributed by atoms with Gasteiger partial charge in [0.05, 0.1) is 10.6 Å². The van der Waals surface area contributed by atoms with E-state index >= 15 is 0 Å². The van der Waals surface area contributed by atoms with Crippen LogP contribution in [0, 0.1) is 6.92 Å². The second-order valence-electron chi connectivity index (χ2n) is 4.21. The lowest BCUT2D eigenvalue weighted by Crippen LogP contribution is -2.03. The molecule has 0 fully saturated rings. The summed E-state index contributed by atoms with van der Waals surface area (Å²) in [7, 11) is -3.23. The van der Waals surface area contributed by atoms with E-state index in [1.165, 1.54) is 6.26 Å². The van der Waals surface area contributed by atoms with Gasteiger partial charge in [-0.15, -0.1) is 0 Å². The second-order valence-corrected chi connectivity index (χ2v) is 6.19. The summed E-state index contributed by atoms with van der Waals surface area (Å²) in [5.74, 6) is 0. The Morgan fingerprint density at radius 2 is 1.44 bits per heavy atom. The highest BCUT2D eigenvalue weighted by atomic mass is 32.2. The lowest BCUT2D eigenvalue weighted by Gasteiger charge is -2.12. The van der Waals surface area contributed by atoms with Crippen LogP contribution in [0.2, 0.25) is 0 Å². The minimum absolute atomic E-state index is 0.313. The van der Waals surface area contributed by atoms with E-state index in [1.54, 1.807) is 18.2 Å². The van der Waals surface area contributed by atoms with Crippen LogP contribution in [-0.2, 0) is 9.84 Å². The van der Waals surface area contributed by atoms with E-state index in [4.69, 9.17) is 0 Å². The minimum atomic E-state index is -3.23. The van der Waals surface area contributed by atoms with Crippen LogP contribution in [0.3, 0.4) is 0 Å². The van der Waals surface area contributed by atoms with E-state index in [1.807, 2.05) is 37.3 Å². The van der Waals surface area contributed by atoms with Crippen molar-refractivity contribution < 1.29 is 8.42 Å². The molecule has 94 valence electrons. The van der Waals surface area contributed by atoms with Crippen LogP contribution in [0.1, 0.15) is 5.56 Å². The van der Waals surface area contributed by atoms with Crippen LogP contribution < -0.4 is 5.32 Å². The maximum atomic E-state index is 11.7. The fraction of sp³-hybridized carbons (Fsp3) is 0.143. The number of nitrogens with one attached hydrogen (secondary N) is 1. The summed E-state index contributed by atoms with van der Waals surface area (Å²) in [5, 5.41) is 3.17. The smallest absolute Gasteiger partial charge is 0.177 e. The molecule has 0 saturated heterocycles. The van der Waals surface area contributed by atoms with Crippen molar-refractivity contribution in [2.45, 2.75) is 11.8 Å². The Balaban J connectivity index is 2.45. The SMILES string of the molecule is Cc1ccccc1Nc1ccccc1S(C)(=O)=O. The number of anilines is 2. The van der Waals surface area contributed by atoms with Gasteiger partial charge in [-0.05, 0) is 30.7 Å². The molecule has 0 radical (unpaired) electrons. The number of sulfone groups is 1. The van der Waals surface area contributed by atoms with Crippen molar-refractivity contribution in [2.75, 3.05) is 11.6 Å². The zero-order valence-corrected chi connectivity index (χ0v) is 11.2. The van der Waals surface area contributed by atoms with Crippen molar-refractivity contribution in [1.29, 1.82) is 0 Å². The molecular weight excluding hydrogens is 246 g/mol. The molecule has 0 unspecified atom stereocenters. The first-order valence-electron chi connectivity index (χ1n) is 5.60. The summed E-state index contributed by atoms with van der Waals surface area (Å²) in [6, 6.07) is 14.7. The molecule has 2 aromatic rings. The zero-order chi connectivity index (χ0) is 13.2. The number of benzene rings is 2. The summed E-state index contributed by atoms with van der Waals surface area (Å²) in [4.78, 5) is 0.313. The summed E-state index contributed by atoms with van der Waals surface area (Å²) in [6.45, 7) is 1.98. The fourth-order valence-electron chi connectivity index (χ4n) is 1.75. The number of para-hydroxylation sites is 2. The van der Waals surface area contributed by atoms with Crippen LogP contribution >= 0.6 is 0 Å². The molecule has 0 aliphatic carbocycles. The molecule has 18 heavy (non-hydrogen) atoms. The summed E-state index contributed by atoms with van der Waals surface area (Å²) in [5.41, 5.74) is 2.59. The fourth-order valence-corrected chi connectivity index (χ4v) is 2.60. The van der Waals surface area contributed by atoms with E-state index in [-0.39, 0.29) is 0 Å². The Kier molecular flexibility index (Phi) is 3.39. The highest BCUT2D eigenvalue weighted by molar-refractivity contribution is 7.90. The molecule has 4 heteroatoms. The van der Waals surface area contributed by atoms with Crippen LogP contribution in [0.5, 0.6) is 0 Å².